The predicted octanol–water partition coefficient (Wildman–Crippen LogP) is 1.52. The van der Waals surface area contributed by atoms with E-state index in [0.29, 0.717) is 18.0 Å². The fourth-order valence-electron chi connectivity index (χ4n) is 0.953. The van der Waals surface area contributed by atoms with Gasteiger partial charge in [0.15, 0.2) is 5.13 Å². The molecule has 1 amide bonds. The van der Waals surface area contributed by atoms with Gasteiger partial charge in [0.05, 0.1) is 0 Å². The number of rotatable bonds is 4. The van der Waals surface area contributed by atoms with Gasteiger partial charge < -0.3 is 11.1 Å². The zero-order valence-corrected chi connectivity index (χ0v) is 9.23. The summed E-state index contributed by atoms with van der Waals surface area (Å²) in [5.41, 5.74) is 5.55. The molecular weight excluding hydrogens is 198 g/mol. The third-order valence-corrected chi connectivity index (χ3v) is 2.52. The van der Waals surface area contributed by atoms with Crippen molar-refractivity contribution in [1.82, 2.24) is 4.98 Å². The summed E-state index contributed by atoms with van der Waals surface area (Å²) in [4.78, 5) is 16.5. The largest absolute Gasteiger partial charge is 0.328 e. The molecule has 0 aliphatic rings. The third kappa shape index (κ3) is 3.85. The van der Waals surface area contributed by atoms with E-state index in [0.717, 1.165) is 4.88 Å². The smallest absolute Gasteiger partial charge is 0.226 e. The van der Waals surface area contributed by atoms with Crippen LogP contribution in [0.25, 0.3) is 0 Å². The summed E-state index contributed by atoms with van der Waals surface area (Å²) < 4.78 is 0. The van der Waals surface area contributed by atoms with E-state index in [2.05, 4.69) is 10.3 Å². The van der Waals surface area contributed by atoms with E-state index in [1.807, 2.05) is 13.8 Å². The molecule has 1 aromatic heterocycles. The van der Waals surface area contributed by atoms with Gasteiger partial charge in [-0.3, -0.25) is 4.79 Å². The lowest BCUT2D eigenvalue weighted by atomic mass is 10.2. The molecule has 1 rings (SSSR count). The average molecular weight is 213 g/mol. The molecule has 0 radical (unpaired) electrons. The molecule has 14 heavy (non-hydrogen) atoms. The van der Waals surface area contributed by atoms with Gasteiger partial charge in [0.2, 0.25) is 5.91 Å². The quantitative estimate of drug-likeness (QED) is 0.796. The molecule has 78 valence electrons. The Hall–Kier alpha value is -0.940. The van der Waals surface area contributed by atoms with Gasteiger partial charge in [-0.25, -0.2) is 4.98 Å². The number of nitrogens with zero attached hydrogens (tertiary/aromatic N) is 1. The lowest BCUT2D eigenvalue weighted by Gasteiger charge is -2.03. The Labute approximate surface area is 87.5 Å². The monoisotopic (exact) mass is 213 g/mol. The van der Waals surface area contributed by atoms with Gasteiger partial charge >= 0.3 is 0 Å². The number of amides is 1. The maximum atomic E-state index is 11.3. The summed E-state index contributed by atoms with van der Waals surface area (Å²) in [6.45, 7) is 3.84. The van der Waals surface area contributed by atoms with Crippen molar-refractivity contribution >= 4 is 22.4 Å². The highest BCUT2D eigenvalue weighted by atomic mass is 32.1. The fourth-order valence-corrected chi connectivity index (χ4v) is 1.63. The molecule has 1 atom stereocenters. The maximum Gasteiger partial charge on any atom is 0.226 e. The van der Waals surface area contributed by atoms with Crippen LogP contribution < -0.4 is 11.1 Å². The molecule has 0 saturated heterocycles. The SMILES string of the molecule is Cc1cnc(NC(=O)CCC(C)N)s1. The van der Waals surface area contributed by atoms with Crippen LogP contribution in [0.1, 0.15) is 24.6 Å². The average Bonchev–Trinajstić information content (AvgIpc) is 2.48. The van der Waals surface area contributed by atoms with E-state index < -0.39 is 0 Å². The lowest BCUT2D eigenvalue weighted by Crippen LogP contribution is -2.19. The minimum Gasteiger partial charge on any atom is -0.328 e. The molecule has 1 heterocycles. The van der Waals surface area contributed by atoms with Crippen LogP contribution in [0.2, 0.25) is 0 Å². The van der Waals surface area contributed by atoms with Crippen molar-refractivity contribution in [3.05, 3.63) is 11.1 Å². The van der Waals surface area contributed by atoms with Gasteiger partial charge in [-0.15, -0.1) is 11.3 Å². The summed E-state index contributed by atoms with van der Waals surface area (Å²) in [6.07, 6.45) is 2.90. The molecular formula is C9H15N3OS. The van der Waals surface area contributed by atoms with Gasteiger partial charge in [-0.05, 0) is 20.3 Å². The highest BCUT2D eigenvalue weighted by Crippen LogP contribution is 2.16. The molecule has 0 aromatic carbocycles. The van der Waals surface area contributed by atoms with E-state index in [1.165, 1.54) is 11.3 Å². The van der Waals surface area contributed by atoms with Crippen molar-refractivity contribution in [1.29, 1.82) is 0 Å². The van der Waals surface area contributed by atoms with E-state index in [9.17, 15) is 4.79 Å². The third-order valence-electron chi connectivity index (χ3n) is 1.69. The fraction of sp³-hybridized carbons (Fsp3) is 0.556. The summed E-state index contributed by atoms with van der Waals surface area (Å²) >= 11 is 1.48. The van der Waals surface area contributed by atoms with E-state index in [-0.39, 0.29) is 11.9 Å². The zero-order valence-electron chi connectivity index (χ0n) is 8.41. The van der Waals surface area contributed by atoms with Crippen molar-refractivity contribution < 1.29 is 4.79 Å². The van der Waals surface area contributed by atoms with Crippen molar-refractivity contribution in [2.75, 3.05) is 5.32 Å². The van der Waals surface area contributed by atoms with Crippen LogP contribution >= 0.6 is 11.3 Å². The Morgan fingerprint density at radius 2 is 2.50 bits per heavy atom. The minimum absolute atomic E-state index is 0.0170. The molecule has 3 N–H and O–H groups in total. The highest BCUT2D eigenvalue weighted by Gasteiger charge is 2.05. The van der Waals surface area contributed by atoms with Crippen LogP contribution in [-0.4, -0.2) is 16.9 Å². The topological polar surface area (TPSA) is 68.0 Å². The summed E-state index contributed by atoms with van der Waals surface area (Å²) in [5, 5.41) is 3.40. The van der Waals surface area contributed by atoms with Crippen molar-refractivity contribution in [3.8, 4) is 0 Å². The number of aryl methyl sites for hydroxylation is 1. The zero-order chi connectivity index (χ0) is 10.6. The molecule has 1 unspecified atom stereocenters. The van der Waals surface area contributed by atoms with Crippen LogP contribution in [0.5, 0.6) is 0 Å². The molecule has 0 bridgehead atoms. The van der Waals surface area contributed by atoms with Crippen LogP contribution in [0.3, 0.4) is 0 Å². The normalized spacial score (nSPS) is 12.5. The molecule has 5 heteroatoms. The second kappa shape index (κ2) is 5.07. The van der Waals surface area contributed by atoms with E-state index in [1.54, 1.807) is 6.20 Å². The van der Waals surface area contributed by atoms with Crippen molar-refractivity contribution in [2.24, 2.45) is 5.73 Å². The van der Waals surface area contributed by atoms with Gasteiger partial charge in [-0.2, -0.15) is 0 Å². The number of carbonyl (C=O) groups is 1. The second-order valence-corrected chi connectivity index (χ2v) is 4.57. The molecule has 0 spiro atoms. The van der Waals surface area contributed by atoms with Crippen LogP contribution in [-0.2, 0) is 4.79 Å². The van der Waals surface area contributed by atoms with E-state index in [4.69, 9.17) is 5.73 Å². The molecule has 4 nitrogen and oxygen atoms in total. The number of hydrogen-bond acceptors (Lipinski definition) is 4. The summed E-state index contributed by atoms with van der Waals surface area (Å²) in [7, 11) is 0. The number of nitrogens with one attached hydrogen (secondary N) is 1. The standard InChI is InChI=1S/C9H15N3OS/c1-6(10)3-4-8(13)12-9-11-5-7(2)14-9/h5-6H,3-4,10H2,1-2H3,(H,11,12,13). The Morgan fingerprint density at radius 3 is 3.00 bits per heavy atom. The number of aromatic nitrogens is 1. The number of anilines is 1. The first-order valence-corrected chi connectivity index (χ1v) is 5.37. The minimum atomic E-state index is -0.0170. The number of nitrogens with two attached hydrogens (primary N) is 1. The first kappa shape index (κ1) is 11.1. The Kier molecular flexibility index (Phi) is 4.03. The maximum absolute atomic E-state index is 11.3. The Balaban J connectivity index is 2.34. The molecule has 0 aliphatic heterocycles. The Bertz CT molecular complexity index is 309. The first-order valence-electron chi connectivity index (χ1n) is 4.56. The number of thiazole rings is 1. The van der Waals surface area contributed by atoms with E-state index >= 15 is 0 Å². The predicted molar refractivity (Wildman–Crippen MR) is 58.4 cm³/mol. The molecule has 0 fully saturated rings. The summed E-state index contributed by atoms with van der Waals surface area (Å²) in [6, 6.07) is 0.0683. The first-order chi connectivity index (χ1) is 6.58. The Morgan fingerprint density at radius 1 is 1.79 bits per heavy atom. The summed E-state index contributed by atoms with van der Waals surface area (Å²) in [5.74, 6) is -0.0170. The number of carbonyl (C=O) groups excluding carboxylic acids is 1. The van der Waals surface area contributed by atoms with Crippen molar-refractivity contribution in [3.63, 3.8) is 0 Å². The van der Waals surface area contributed by atoms with Gasteiger partial charge in [0.25, 0.3) is 0 Å². The molecule has 0 saturated carbocycles. The lowest BCUT2D eigenvalue weighted by molar-refractivity contribution is -0.116. The molecule has 0 aliphatic carbocycles. The highest BCUT2D eigenvalue weighted by molar-refractivity contribution is 7.15. The van der Waals surface area contributed by atoms with Crippen LogP contribution in [0, 0.1) is 6.92 Å². The second-order valence-electron chi connectivity index (χ2n) is 3.34. The van der Waals surface area contributed by atoms with Gasteiger partial charge in [0, 0.05) is 23.5 Å². The van der Waals surface area contributed by atoms with Crippen LogP contribution in [0.15, 0.2) is 6.20 Å². The molecule has 1 aromatic rings. The van der Waals surface area contributed by atoms with Gasteiger partial charge in [0.1, 0.15) is 0 Å². The van der Waals surface area contributed by atoms with Gasteiger partial charge in [-0.1, -0.05) is 0 Å². The number of hydrogen-bond donors (Lipinski definition) is 2. The van der Waals surface area contributed by atoms with Crippen LogP contribution in [0.4, 0.5) is 5.13 Å². The van der Waals surface area contributed by atoms with Crippen molar-refractivity contribution in [2.45, 2.75) is 32.7 Å².